The van der Waals surface area contributed by atoms with Crippen LogP contribution in [0.3, 0.4) is 0 Å². The van der Waals surface area contributed by atoms with E-state index in [0.29, 0.717) is 60.7 Å². The molecule has 6 rings (SSSR count). The average Bonchev–Trinajstić information content (AvgIpc) is 3.30. The molecular formula is C28H26N6O5S. The highest BCUT2D eigenvalue weighted by molar-refractivity contribution is 7.89. The van der Waals surface area contributed by atoms with E-state index in [1.165, 1.54) is 11.4 Å². The van der Waals surface area contributed by atoms with Gasteiger partial charge in [-0.05, 0) is 35.9 Å². The summed E-state index contributed by atoms with van der Waals surface area (Å²) in [5.41, 5.74) is 2.99. The van der Waals surface area contributed by atoms with Crippen molar-refractivity contribution in [1.82, 2.24) is 24.1 Å². The van der Waals surface area contributed by atoms with Gasteiger partial charge in [0.25, 0.3) is 11.9 Å². The zero-order chi connectivity index (χ0) is 27.7. The Morgan fingerprint density at radius 2 is 1.75 bits per heavy atom. The summed E-state index contributed by atoms with van der Waals surface area (Å²) in [7, 11) is -2.23. The number of ether oxygens (including phenoxy) is 2. The van der Waals surface area contributed by atoms with Gasteiger partial charge in [-0.15, -0.1) is 10.2 Å². The summed E-state index contributed by atoms with van der Waals surface area (Å²) in [6.07, 6.45) is 0. The molecule has 1 amide bonds. The molecule has 3 aromatic carbocycles. The van der Waals surface area contributed by atoms with Gasteiger partial charge in [-0.25, -0.2) is 8.42 Å². The Morgan fingerprint density at radius 3 is 2.52 bits per heavy atom. The number of para-hydroxylation sites is 1. The molecule has 12 heteroatoms. The quantitative estimate of drug-likeness (QED) is 0.322. The van der Waals surface area contributed by atoms with E-state index in [-0.39, 0.29) is 10.8 Å². The van der Waals surface area contributed by atoms with Crippen LogP contribution in [-0.4, -0.2) is 71.8 Å². The fourth-order valence-corrected chi connectivity index (χ4v) is 6.25. The van der Waals surface area contributed by atoms with E-state index in [1.807, 2.05) is 34.9 Å². The molecule has 1 N–H and O–H groups in total. The summed E-state index contributed by atoms with van der Waals surface area (Å²) in [4.78, 5) is 17.8. The van der Waals surface area contributed by atoms with Crippen LogP contribution in [0.25, 0.3) is 22.1 Å². The van der Waals surface area contributed by atoms with Crippen LogP contribution >= 0.6 is 0 Å². The van der Waals surface area contributed by atoms with Gasteiger partial charge < -0.3 is 14.0 Å². The molecule has 0 saturated carbocycles. The number of nitrogens with zero attached hydrogens (tertiary/aromatic N) is 5. The lowest BCUT2D eigenvalue weighted by molar-refractivity contribution is 0.0730. The number of aromatic nitrogens is 4. The number of nitrogens with one attached hydrogen (secondary N) is 1. The van der Waals surface area contributed by atoms with E-state index >= 15 is 0 Å². The molecule has 0 radical (unpaired) electrons. The Hall–Kier alpha value is -4.39. The van der Waals surface area contributed by atoms with Crippen molar-refractivity contribution in [1.29, 1.82) is 0 Å². The van der Waals surface area contributed by atoms with Crippen LogP contribution < -0.4 is 10.1 Å². The molecule has 0 spiro atoms. The molecule has 11 nitrogen and oxygen atoms in total. The van der Waals surface area contributed by atoms with E-state index in [2.05, 4.69) is 20.5 Å². The summed E-state index contributed by atoms with van der Waals surface area (Å²) in [5.74, 6) is -0.00821. The van der Waals surface area contributed by atoms with E-state index in [1.54, 1.807) is 42.5 Å². The third-order valence-electron chi connectivity index (χ3n) is 6.81. The van der Waals surface area contributed by atoms with E-state index in [9.17, 15) is 13.2 Å². The Morgan fingerprint density at radius 1 is 1.00 bits per heavy atom. The number of fused-ring (bicyclic) bond motifs is 3. The molecule has 0 atom stereocenters. The van der Waals surface area contributed by atoms with Crippen molar-refractivity contribution in [3.8, 4) is 5.75 Å². The van der Waals surface area contributed by atoms with Gasteiger partial charge in [0.1, 0.15) is 11.3 Å². The lowest BCUT2D eigenvalue weighted by Crippen LogP contribution is -2.40. The van der Waals surface area contributed by atoms with Crippen molar-refractivity contribution in [2.45, 2.75) is 11.4 Å². The number of carbonyl (C=O) groups is 1. The third-order valence-corrected chi connectivity index (χ3v) is 8.70. The number of rotatable bonds is 7. The fraction of sp³-hybridized carbons (Fsp3) is 0.214. The van der Waals surface area contributed by atoms with Crippen molar-refractivity contribution in [3.63, 3.8) is 0 Å². The molecule has 1 saturated heterocycles. The molecule has 0 bridgehead atoms. The van der Waals surface area contributed by atoms with Crippen molar-refractivity contribution in [3.05, 3.63) is 83.9 Å². The van der Waals surface area contributed by atoms with Crippen LogP contribution in [0, 0.1) is 0 Å². The smallest absolute Gasteiger partial charge is 0.261 e. The van der Waals surface area contributed by atoms with Gasteiger partial charge in [-0.2, -0.15) is 9.29 Å². The monoisotopic (exact) mass is 558 g/mol. The lowest BCUT2D eigenvalue weighted by atomic mass is 10.2. The molecule has 1 fully saturated rings. The van der Waals surface area contributed by atoms with Gasteiger partial charge in [0.2, 0.25) is 10.0 Å². The van der Waals surface area contributed by atoms with Gasteiger partial charge in [-0.1, -0.05) is 42.5 Å². The number of benzene rings is 3. The van der Waals surface area contributed by atoms with E-state index in [4.69, 9.17) is 9.47 Å². The molecule has 0 aliphatic carbocycles. The van der Waals surface area contributed by atoms with Crippen molar-refractivity contribution in [2.75, 3.05) is 38.7 Å². The number of amides is 1. The number of anilines is 1. The molecule has 40 heavy (non-hydrogen) atoms. The first-order valence-corrected chi connectivity index (χ1v) is 14.1. The standard InChI is InChI=1S/C28H26N6O5S/c1-38-24-10-6-5-9-21(24)27(35)30-28-29-26-25(31-32-28)22-17-20(40(36,37)33-13-15-39-16-14-33)11-12-23(22)34(26)18-19-7-3-2-4-8-19/h2-12,17H,13-16,18H2,1H3,(H,29,30,32,35). The second-order valence-corrected chi connectivity index (χ2v) is 11.2. The maximum Gasteiger partial charge on any atom is 0.261 e. The van der Waals surface area contributed by atoms with Crippen LogP contribution in [0.2, 0.25) is 0 Å². The van der Waals surface area contributed by atoms with Crippen LogP contribution in [-0.2, 0) is 21.3 Å². The second-order valence-electron chi connectivity index (χ2n) is 9.23. The van der Waals surface area contributed by atoms with Gasteiger partial charge >= 0.3 is 0 Å². The summed E-state index contributed by atoms with van der Waals surface area (Å²) >= 11 is 0. The predicted molar refractivity (Wildman–Crippen MR) is 149 cm³/mol. The molecule has 0 unspecified atom stereocenters. The Bertz CT molecular complexity index is 1820. The predicted octanol–water partition coefficient (Wildman–Crippen LogP) is 3.31. The molecule has 3 heterocycles. The molecule has 204 valence electrons. The summed E-state index contributed by atoms with van der Waals surface area (Å²) in [6, 6.07) is 21.6. The largest absolute Gasteiger partial charge is 0.496 e. The highest BCUT2D eigenvalue weighted by Gasteiger charge is 2.28. The highest BCUT2D eigenvalue weighted by atomic mass is 32.2. The van der Waals surface area contributed by atoms with Crippen LogP contribution in [0.4, 0.5) is 5.95 Å². The van der Waals surface area contributed by atoms with E-state index < -0.39 is 15.9 Å². The highest BCUT2D eigenvalue weighted by Crippen LogP contribution is 2.31. The van der Waals surface area contributed by atoms with Crippen molar-refractivity contribution < 1.29 is 22.7 Å². The summed E-state index contributed by atoms with van der Waals surface area (Å²) in [5, 5.41) is 11.9. The number of hydrogen-bond donors (Lipinski definition) is 1. The topological polar surface area (TPSA) is 129 Å². The number of morpholine rings is 1. The van der Waals surface area contributed by atoms with Crippen LogP contribution in [0.1, 0.15) is 15.9 Å². The third kappa shape index (κ3) is 4.76. The minimum absolute atomic E-state index is 0.0154. The SMILES string of the molecule is COc1ccccc1C(=O)Nc1nnc2c3cc(S(=O)(=O)N4CCOCC4)ccc3n(Cc3ccccc3)c2n1. The fourth-order valence-electron chi connectivity index (χ4n) is 4.81. The van der Waals surface area contributed by atoms with Crippen LogP contribution in [0.15, 0.2) is 77.7 Å². The Labute approximate surface area is 230 Å². The number of sulfonamides is 1. The normalized spacial score (nSPS) is 14.4. The second kappa shape index (κ2) is 10.6. The zero-order valence-corrected chi connectivity index (χ0v) is 22.5. The minimum atomic E-state index is -3.73. The molecular weight excluding hydrogens is 532 g/mol. The molecule has 1 aliphatic heterocycles. The maximum atomic E-state index is 13.4. The Balaban J connectivity index is 1.45. The molecule has 5 aromatic rings. The zero-order valence-electron chi connectivity index (χ0n) is 21.6. The molecule has 1 aliphatic rings. The first kappa shape index (κ1) is 25.9. The summed E-state index contributed by atoms with van der Waals surface area (Å²) < 4.78 is 40.8. The van der Waals surface area contributed by atoms with Crippen molar-refractivity contribution in [2.24, 2.45) is 0 Å². The number of methoxy groups -OCH3 is 1. The summed E-state index contributed by atoms with van der Waals surface area (Å²) in [6.45, 7) is 1.77. The Kier molecular flexibility index (Phi) is 6.88. The maximum absolute atomic E-state index is 13.4. The minimum Gasteiger partial charge on any atom is -0.496 e. The van der Waals surface area contributed by atoms with Gasteiger partial charge in [0.05, 0.1) is 36.3 Å². The first-order chi connectivity index (χ1) is 19.5. The van der Waals surface area contributed by atoms with Gasteiger partial charge in [0, 0.05) is 25.0 Å². The number of hydrogen-bond acceptors (Lipinski definition) is 8. The van der Waals surface area contributed by atoms with Gasteiger partial charge in [0.15, 0.2) is 5.65 Å². The van der Waals surface area contributed by atoms with Crippen molar-refractivity contribution >= 4 is 43.9 Å². The van der Waals surface area contributed by atoms with E-state index in [0.717, 1.165) is 11.1 Å². The average molecular weight is 559 g/mol. The van der Waals surface area contributed by atoms with Gasteiger partial charge in [-0.3, -0.25) is 10.1 Å². The van der Waals surface area contributed by atoms with Crippen LogP contribution in [0.5, 0.6) is 5.75 Å². The lowest BCUT2D eigenvalue weighted by Gasteiger charge is -2.26. The number of carbonyl (C=O) groups excluding carboxylic acids is 1. The molecule has 2 aromatic heterocycles. The first-order valence-electron chi connectivity index (χ1n) is 12.7.